The second-order valence-corrected chi connectivity index (χ2v) is 10.8. The third-order valence-corrected chi connectivity index (χ3v) is 9.05. The molecule has 0 unspecified atom stereocenters. The number of benzene rings is 2. The molecule has 0 spiro atoms. The van der Waals surface area contributed by atoms with Gasteiger partial charge in [0, 0.05) is 11.6 Å². The minimum Gasteiger partial charge on any atom is -0.305 e. The molecule has 33 heavy (non-hydrogen) atoms. The Balaban J connectivity index is 2.15. The third kappa shape index (κ3) is 5.10. The molecular formula is C22H29N2O7P2+. The van der Waals surface area contributed by atoms with Crippen LogP contribution in [-0.4, -0.2) is 47.0 Å². The van der Waals surface area contributed by atoms with Crippen molar-refractivity contribution in [3.05, 3.63) is 54.2 Å². The van der Waals surface area contributed by atoms with E-state index in [2.05, 4.69) is 5.10 Å². The maximum Gasteiger partial charge on any atom is 0.466 e. The minimum absolute atomic E-state index is 0.152. The first-order valence-electron chi connectivity index (χ1n) is 10.8. The van der Waals surface area contributed by atoms with E-state index in [0.717, 1.165) is 4.68 Å². The minimum atomic E-state index is -3.59. The number of hydrogen-bond donors (Lipinski definition) is 1. The lowest BCUT2D eigenvalue weighted by Gasteiger charge is -2.19. The molecule has 0 aliphatic rings. The molecule has 1 aromatic heterocycles. The number of fused-ring (bicyclic) bond motifs is 1. The summed E-state index contributed by atoms with van der Waals surface area (Å²) >= 11 is 0. The molecule has 178 valence electrons. The Morgan fingerprint density at radius 1 is 0.939 bits per heavy atom. The van der Waals surface area contributed by atoms with E-state index in [1.807, 2.05) is 0 Å². The van der Waals surface area contributed by atoms with Gasteiger partial charge in [-0.3, -0.25) is 9.36 Å². The number of aromatic nitrogens is 2. The zero-order valence-electron chi connectivity index (χ0n) is 19.1. The smallest absolute Gasteiger partial charge is 0.305 e. The van der Waals surface area contributed by atoms with Crippen molar-refractivity contribution in [2.75, 3.05) is 26.4 Å². The highest BCUT2D eigenvalue weighted by molar-refractivity contribution is 7.68. The molecule has 0 bridgehead atoms. The van der Waals surface area contributed by atoms with Gasteiger partial charge < -0.3 is 9.05 Å². The molecule has 1 N–H and O–H groups in total. The summed E-state index contributed by atoms with van der Waals surface area (Å²) in [6.45, 7) is 7.76. The Morgan fingerprint density at radius 3 is 2.15 bits per heavy atom. The van der Waals surface area contributed by atoms with Crippen LogP contribution in [0.4, 0.5) is 0 Å². The number of carbonyl (C=O) groups excluding carboxylic acids is 1. The summed E-state index contributed by atoms with van der Waals surface area (Å²) in [6.07, 6.45) is 1.41. The number of hydrogen-bond acceptors (Lipinski definition) is 8. The lowest BCUT2D eigenvalue weighted by atomic mass is 10.0. The molecule has 0 radical (unpaired) electrons. The predicted octanol–water partition coefficient (Wildman–Crippen LogP) is 4.07. The Hall–Kier alpha value is -1.96. The summed E-state index contributed by atoms with van der Waals surface area (Å²) in [6, 6.07) is 11.7. The van der Waals surface area contributed by atoms with Crippen LogP contribution in [0.2, 0.25) is 0 Å². The molecule has 0 aliphatic heterocycles. The van der Waals surface area contributed by atoms with E-state index >= 15 is 0 Å². The SMILES string of the molecule is CCOP(=O)(OCC)c1cccc2c(C(=O)n3nccc3[P+](O)(OCC)OCC)cccc12. The van der Waals surface area contributed by atoms with Crippen molar-refractivity contribution < 1.29 is 32.3 Å². The van der Waals surface area contributed by atoms with E-state index in [1.165, 1.54) is 12.3 Å². The molecule has 11 heteroatoms. The van der Waals surface area contributed by atoms with Gasteiger partial charge in [-0.2, -0.15) is 23.7 Å². The van der Waals surface area contributed by atoms with E-state index in [1.54, 1.807) is 64.1 Å². The summed E-state index contributed by atoms with van der Waals surface area (Å²) < 4.78 is 36.6. The highest BCUT2D eigenvalue weighted by atomic mass is 31.2. The molecule has 2 aromatic carbocycles. The van der Waals surface area contributed by atoms with E-state index < -0.39 is 21.4 Å². The van der Waals surface area contributed by atoms with Crippen molar-refractivity contribution in [3.63, 3.8) is 0 Å². The van der Waals surface area contributed by atoms with Crippen molar-refractivity contribution in [2.24, 2.45) is 0 Å². The van der Waals surface area contributed by atoms with Crippen molar-refractivity contribution in [2.45, 2.75) is 27.7 Å². The molecule has 0 saturated carbocycles. The first kappa shape index (κ1) is 25.7. The maximum atomic E-state index is 13.6. The topological polar surface area (TPSA) is 109 Å². The molecule has 1 heterocycles. The molecule has 9 nitrogen and oxygen atoms in total. The van der Waals surface area contributed by atoms with Gasteiger partial charge in [-0.1, -0.05) is 24.3 Å². The molecule has 0 saturated heterocycles. The summed E-state index contributed by atoms with van der Waals surface area (Å²) in [5, 5.41) is 5.63. The largest absolute Gasteiger partial charge is 0.466 e. The zero-order valence-corrected chi connectivity index (χ0v) is 20.9. The predicted molar refractivity (Wildman–Crippen MR) is 128 cm³/mol. The first-order chi connectivity index (χ1) is 15.8. The summed E-state index contributed by atoms with van der Waals surface area (Å²) in [4.78, 5) is 24.6. The van der Waals surface area contributed by atoms with E-state index in [0.29, 0.717) is 21.6 Å². The quantitative estimate of drug-likeness (QED) is 0.397. The monoisotopic (exact) mass is 495 g/mol. The fourth-order valence-corrected chi connectivity index (χ4v) is 7.00. The van der Waals surface area contributed by atoms with E-state index in [9.17, 15) is 14.3 Å². The average molecular weight is 495 g/mol. The van der Waals surface area contributed by atoms with Gasteiger partial charge in [-0.05, 0) is 50.6 Å². The van der Waals surface area contributed by atoms with Gasteiger partial charge >= 0.3 is 15.5 Å². The van der Waals surface area contributed by atoms with Crippen molar-refractivity contribution in [3.8, 4) is 0 Å². The van der Waals surface area contributed by atoms with Crippen LogP contribution >= 0.6 is 15.5 Å². The highest BCUT2D eigenvalue weighted by Crippen LogP contribution is 2.55. The molecule has 0 amide bonds. The number of nitrogens with zero attached hydrogens (tertiary/aromatic N) is 2. The molecule has 0 fully saturated rings. The Bertz CT molecular complexity index is 1150. The van der Waals surface area contributed by atoms with Crippen LogP contribution in [0, 0.1) is 0 Å². The number of rotatable bonds is 11. The summed E-state index contributed by atoms with van der Waals surface area (Å²) in [7, 11) is -7.10. The van der Waals surface area contributed by atoms with Gasteiger partial charge in [0.25, 0.3) is 11.3 Å². The molecule has 0 aliphatic carbocycles. The Kier molecular flexibility index (Phi) is 8.54. The lowest BCUT2D eigenvalue weighted by molar-refractivity contribution is 0.0947. The standard InChI is InChI=1S/C22H29N2O7P2/c1-5-28-32(26,29-6-2)20-14-10-11-17-18(20)12-9-13-19(17)22(25)24-21(15-16-23-24)33(27,30-7-3)31-8-4/h9-16,27H,5-8H2,1-4H3/q+1. The fourth-order valence-electron chi connectivity index (χ4n) is 3.54. The highest BCUT2D eigenvalue weighted by Gasteiger charge is 2.48. The van der Waals surface area contributed by atoms with Gasteiger partial charge in [0.2, 0.25) is 0 Å². The average Bonchev–Trinajstić information content (AvgIpc) is 3.29. The Labute approximate surface area is 193 Å². The van der Waals surface area contributed by atoms with Crippen LogP contribution < -0.4 is 10.7 Å². The van der Waals surface area contributed by atoms with Crippen molar-refractivity contribution in [1.82, 2.24) is 9.78 Å². The first-order valence-corrected chi connectivity index (χ1v) is 13.9. The van der Waals surface area contributed by atoms with Crippen molar-refractivity contribution in [1.29, 1.82) is 0 Å². The van der Waals surface area contributed by atoms with Gasteiger partial charge in [0.15, 0.2) is 0 Å². The van der Waals surface area contributed by atoms with E-state index in [-0.39, 0.29) is 31.9 Å². The summed E-state index contributed by atoms with van der Waals surface area (Å²) in [5.74, 6) is -0.488. The number of carbonyl (C=O) groups is 1. The zero-order chi connectivity index (χ0) is 24.1. The normalized spacial score (nSPS) is 12.4. The van der Waals surface area contributed by atoms with Crippen molar-refractivity contribution >= 4 is 43.0 Å². The Morgan fingerprint density at radius 2 is 1.55 bits per heavy atom. The van der Waals surface area contributed by atoms with Crippen LogP contribution in [-0.2, 0) is 22.7 Å². The van der Waals surface area contributed by atoms with Crippen LogP contribution in [0.1, 0.15) is 38.1 Å². The summed E-state index contributed by atoms with van der Waals surface area (Å²) in [5.41, 5.74) is 0.456. The molecule has 0 atom stereocenters. The van der Waals surface area contributed by atoms with Gasteiger partial charge in [-0.25, -0.2) is 0 Å². The van der Waals surface area contributed by atoms with Crippen LogP contribution in [0.3, 0.4) is 0 Å². The van der Waals surface area contributed by atoms with Gasteiger partial charge in [0.1, 0.15) is 0 Å². The fraction of sp³-hybridized carbons (Fsp3) is 0.364. The second-order valence-electron chi connectivity index (χ2n) is 6.77. The maximum absolute atomic E-state index is 13.6. The van der Waals surface area contributed by atoms with Crippen LogP contribution in [0.15, 0.2) is 48.7 Å². The second kappa shape index (κ2) is 11.0. The third-order valence-electron chi connectivity index (χ3n) is 4.74. The van der Waals surface area contributed by atoms with Gasteiger partial charge in [-0.15, -0.1) is 0 Å². The van der Waals surface area contributed by atoms with Crippen LogP contribution in [0.5, 0.6) is 0 Å². The molecular weight excluding hydrogens is 466 g/mol. The van der Waals surface area contributed by atoms with Gasteiger partial charge in [0.05, 0.1) is 37.9 Å². The molecule has 3 rings (SSSR count). The lowest BCUT2D eigenvalue weighted by Crippen LogP contribution is -2.30. The molecule has 3 aromatic rings. The van der Waals surface area contributed by atoms with Crippen LogP contribution in [0.25, 0.3) is 10.8 Å². The van der Waals surface area contributed by atoms with E-state index in [4.69, 9.17) is 18.1 Å².